The fourth-order valence-corrected chi connectivity index (χ4v) is 4.29. The largest absolute Gasteiger partial charge is 0.494 e. The molecule has 1 amide bonds. The van der Waals surface area contributed by atoms with Crippen molar-refractivity contribution in [3.8, 4) is 5.75 Å². The first-order chi connectivity index (χ1) is 10.8. The van der Waals surface area contributed by atoms with Gasteiger partial charge in [0.05, 0.1) is 13.2 Å². The van der Waals surface area contributed by atoms with Crippen LogP contribution in [-0.2, 0) is 4.79 Å². The van der Waals surface area contributed by atoms with Crippen LogP contribution in [0, 0.1) is 0 Å². The lowest BCUT2D eigenvalue weighted by molar-refractivity contribution is -0.131. The number of amides is 1. The van der Waals surface area contributed by atoms with E-state index < -0.39 is 0 Å². The molecular weight excluding hydrogens is 318 g/mol. The molecule has 0 spiro atoms. The number of hydrogen-bond acceptors (Lipinski definition) is 5. The third kappa shape index (κ3) is 4.83. The fraction of sp³-hybridized carbons (Fsp3) is 0.562. The Morgan fingerprint density at radius 2 is 2.14 bits per heavy atom. The highest BCUT2D eigenvalue weighted by atomic mass is 32.2. The maximum absolute atomic E-state index is 12.2. The molecule has 0 aromatic heterocycles. The molecule has 122 valence electrons. The summed E-state index contributed by atoms with van der Waals surface area (Å²) in [4.78, 5) is 14.2. The van der Waals surface area contributed by atoms with Crippen LogP contribution in [0.15, 0.2) is 24.3 Å². The summed E-state index contributed by atoms with van der Waals surface area (Å²) in [6.45, 7) is 3.55. The van der Waals surface area contributed by atoms with Crippen LogP contribution in [-0.4, -0.2) is 52.9 Å². The van der Waals surface area contributed by atoms with Gasteiger partial charge in [0.2, 0.25) is 5.91 Å². The smallest absolute Gasteiger partial charge is 0.224 e. The Morgan fingerprint density at radius 1 is 1.36 bits per heavy atom. The van der Waals surface area contributed by atoms with E-state index in [1.165, 1.54) is 0 Å². The maximum atomic E-state index is 12.2. The number of rotatable bonds is 8. The molecule has 0 saturated carbocycles. The monoisotopic (exact) mass is 341 g/mol. The SMILES string of the molecule is CCOc1ccc(C2SCCC(=O)N2CCSCCO)cc1. The average Bonchev–Trinajstić information content (AvgIpc) is 2.54. The molecule has 1 heterocycles. The lowest BCUT2D eigenvalue weighted by Gasteiger charge is -2.35. The summed E-state index contributed by atoms with van der Waals surface area (Å²) in [6, 6.07) is 8.04. The molecule has 22 heavy (non-hydrogen) atoms. The molecule has 1 aromatic carbocycles. The Kier molecular flexibility index (Phi) is 7.42. The summed E-state index contributed by atoms with van der Waals surface area (Å²) in [6.07, 6.45) is 0.614. The van der Waals surface area contributed by atoms with Crippen LogP contribution < -0.4 is 4.74 Å². The molecule has 1 aromatic rings. The molecule has 2 rings (SSSR count). The zero-order chi connectivity index (χ0) is 15.8. The van der Waals surface area contributed by atoms with E-state index in [2.05, 4.69) is 12.1 Å². The van der Waals surface area contributed by atoms with Crippen molar-refractivity contribution in [3.05, 3.63) is 29.8 Å². The normalized spacial score (nSPS) is 18.5. The number of hydrogen-bond donors (Lipinski definition) is 1. The molecule has 6 heteroatoms. The Hall–Kier alpha value is -0.850. The first kappa shape index (κ1) is 17.5. The van der Waals surface area contributed by atoms with Crippen LogP contribution in [0.1, 0.15) is 24.3 Å². The zero-order valence-corrected chi connectivity index (χ0v) is 14.5. The number of benzene rings is 1. The third-order valence-corrected chi connectivity index (χ3v) is 5.61. The van der Waals surface area contributed by atoms with Crippen molar-refractivity contribution in [1.29, 1.82) is 0 Å². The Balaban J connectivity index is 2.02. The van der Waals surface area contributed by atoms with E-state index in [1.807, 2.05) is 35.7 Å². The molecule has 1 fully saturated rings. The predicted octanol–water partition coefficient (Wildman–Crippen LogP) is 2.77. The number of carbonyl (C=O) groups is 1. The van der Waals surface area contributed by atoms with Crippen LogP contribution >= 0.6 is 23.5 Å². The van der Waals surface area contributed by atoms with Crippen molar-refractivity contribution < 1.29 is 14.6 Å². The molecule has 1 atom stereocenters. The van der Waals surface area contributed by atoms with Gasteiger partial charge >= 0.3 is 0 Å². The van der Waals surface area contributed by atoms with Crippen LogP contribution in [0.2, 0.25) is 0 Å². The van der Waals surface area contributed by atoms with Gasteiger partial charge in [0.15, 0.2) is 0 Å². The number of nitrogens with zero attached hydrogens (tertiary/aromatic N) is 1. The highest BCUT2D eigenvalue weighted by Crippen LogP contribution is 2.37. The van der Waals surface area contributed by atoms with Crippen LogP contribution in [0.3, 0.4) is 0 Å². The maximum Gasteiger partial charge on any atom is 0.224 e. The zero-order valence-electron chi connectivity index (χ0n) is 12.9. The van der Waals surface area contributed by atoms with E-state index in [9.17, 15) is 4.79 Å². The van der Waals surface area contributed by atoms with Crippen molar-refractivity contribution in [2.24, 2.45) is 0 Å². The molecule has 1 aliphatic rings. The van der Waals surface area contributed by atoms with Gasteiger partial charge in [-0.05, 0) is 24.6 Å². The summed E-state index contributed by atoms with van der Waals surface area (Å²) in [5.41, 5.74) is 1.15. The molecule has 1 aliphatic heterocycles. The van der Waals surface area contributed by atoms with Crippen LogP contribution in [0.4, 0.5) is 0 Å². The molecule has 1 N–H and O–H groups in total. The number of ether oxygens (including phenoxy) is 1. The summed E-state index contributed by atoms with van der Waals surface area (Å²) in [5.74, 6) is 3.55. The van der Waals surface area contributed by atoms with E-state index in [0.717, 1.165) is 35.1 Å². The summed E-state index contributed by atoms with van der Waals surface area (Å²) in [5, 5.41) is 8.93. The molecular formula is C16H23NO3S2. The minimum atomic E-state index is 0.0895. The summed E-state index contributed by atoms with van der Waals surface area (Å²) >= 11 is 3.50. The average molecular weight is 341 g/mol. The summed E-state index contributed by atoms with van der Waals surface area (Å²) < 4.78 is 5.47. The lowest BCUT2D eigenvalue weighted by atomic mass is 10.2. The second-order valence-electron chi connectivity index (χ2n) is 4.90. The van der Waals surface area contributed by atoms with Gasteiger partial charge in [-0.25, -0.2) is 0 Å². The molecule has 1 unspecified atom stereocenters. The number of aliphatic hydroxyl groups is 1. The van der Waals surface area contributed by atoms with Crippen LogP contribution in [0.25, 0.3) is 0 Å². The predicted molar refractivity (Wildman–Crippen MR) is 93.6 cm³/mol. The standard InChI is InChI=1S/C16H23NO3S2/c1-2-20-14-5-3-13(4-6-14)16-17(8-11-21-12-9-18)15(19)7-10-22-16/h3-6,16,18H,2,7-12H2,1H3. The molecule has 0 aliphatic carbocycles. The van der Waals surface area contributed by atoms with Crippen molar-refractivity contribution in [1.82, 2.24) is 4.90 Å². The quantitative estimate of drug-likeness (QED) is 0.737. The Bertz CT molecular complexity index is 467. The van der Waals surface area contributed by atoms with Gasteiger partial charge in [0.25, 0.3) is 0 Å². The van der Waals surface area contributed by atoms with E-state index in [1.54, 1.807) is 11.8 Å². The highest BCUT2D eigenvalue weighted by Gasteiger charge is 2.29. The minimum absolute atomic E-state index is 0.0895. The van der Waals surface area contributed by atoms with Gasteiger partial charge in [-0.2, -0.15) is 11.8 Å². The third-order valence-electron chi connectivity index (χ3n) is 3.38. The Labute approximate surface area is 140 Å². The molecule has 0 bridgehead atoms. The fourth-order valence-electron chi connectivity index (χ4n) is 2.37. The second-order valence-corrected chi connectivity index (χ2v) is 7.31. The van der Waals surface area contributed by atoms with Gasteiger partial charge in [-0.3, -0.25) is 4.79 Å². The van der Waals surface area contributed by atoms with E-state index in [4.69, 9.17) is 9.84 Å². The van der Waals surface area contributed by atoms with Crippen molar-refractivity contribution in [2.75, 3.05) is 37.0 Å². The topological polar surface area (TPSA) is 49.8 Å². The van der Waals surface area contributed by atoms with Gasteiger partial charge in [-0.1, -0.05) is 12.1 Å². The van der Waals surface area contributed by atoms with E-state index in [-0.39, 0.29) is 17.9 Å². The molecule has 4 nitrogen and oxygen atoms in total. The van der Waals surface area contributed by atoms with Crippen molar-refractivity contribution >= 4 is 29.4 Å². The summed E-state index contributed by atoms with van der Waals surface area (Å²) in [7, 11) is 0. The lowest BCUT2D eigenvalue weighted by Crippen LogP contribution is -2.38. The number of thioether (sulfide) groups is 2. The Morgan fingerprint density at radius 3 is 2.82 bits per heavy atom. The van der Waals surface area contributed by atoms with Crippen molar-refractivity contribution in [2.45, 2.75) is 18.7 Å². The van der Waals surface area contributed by atoms with Gasteiger partial charge in [0.1, 0.15) is 11.1 Å². The van der Waals surface area contributed by atoms with Gasteiger partial charge < -0.3 is 14.7 Å². The number of carbonyl (C=O) groups excluding carboxylic acids is 1. The van der Waals surface area contributed by atoms with Crippen LogP contribution in [0.5, 0.6) is 5.75 Å². The first-order valence-corrected chi connectivity index (χ1v) is 9.79. The van der Waals surface area contributed by atoms with Gasteiger partial charge in [0, 0.05) is 30.2 Å². The first-order valence-electron chi connectivity index (χ1n) is 7.58. The van der Waals surface area contributed by atoms with E-state index >= 15 is 0 Å². The second kappa shape index (κ2) is 9.33. The van der Waals surface area contributed by atoms with Crippen molar-refractivity contribution in [3.63, 3.8) is 0 Å². The van der Waals surface area contributed by atoms with E-state index in [0.29, 0.717) is 13.0 Å². The molecule has 1 saturated heterocycles. The number of aliphatic hydroxyl groups excluding tert-OH is 1. The minimum Gasteiger partial charge on any atom is -0.494 e. The highest BCUT2D eigenvalue weighted by molar-refractivity contribution is 7.99. The molecule has 0 radical (unpaired) electrons. The van der Waals surface area contributed by atoms with Gasteiger partial charge in [-0.15, -0.1) is 11.8 Å².